The molecule has 3 rings (SSSR count). The third-order valence-electron chi connectivity index (χ3n) is 5.47. The number of nitrogens with one attached hydrogen (secondary N) is 1. The summed E-state index contributed by atoms with van der Waals surface area (Å²) >= 11 is 0. The van der Waals surface area contributed by atoms with Crippen LogP contribution in [0.25, 0.3) is 12.2 Å². The van der Waals surface area contributed by atoms with Gasteiger partial charge in [0.15, 0.2) is 10.7 Å². The minimum absolute atomic E-state index is 0.0154. The van der Waals surface area contributed by atoms with E-state index in [4.69, 9.17) is 4.52 Å². The maximum absolute atomic E-state index is 13.5. The summed E-state index contributed by atoms with van der Waals surface area (Å²) in [5.74, 6) is -0.265. The molecular formula is C23H31N3O4S. The summed E-state index contributed by atoms with van der Waals surface area (Å²) < 4.78 is 33.7. The molecule has 0 radical (unpaired) electrons. The lowest BCUT2D eigenvalue weighted by molar-refractivity contribution is -0.126. The molecule has 1 aromatic carbocycles. The molecule has 1 aromatic heterocycles. The van der Waals surface area contributed by atoms with Gasteiger partial charge in [-0.25, -0.2) is 8.42 Å². The first-order chi connectivity index (χ1) is 14.6. The second-order valence-electron chi connectivity index (χ2n) is 8.52. The summed E-state index contributed by atoms with van der Waals surface area (Å²) in [7, 11) is -3.85. The zero-order chi connectivity index (χ0) is 22.8. The van der Waals surface area contributed by atoms with E-state index in [1.807, 2.05) is 52.0 Å². The molecule has 0 aliphatic carbocycles. The van der Waals surface area contributed by atoms with Crippen molar-refractivity contribution >= 4 is 28.1 Å². The molecule has 2 heterocycles. The number of carbonyl (C=O) groups is 1. The molecular weight excluding hydrogens is 414 g/mol. The van der Waals surface area contributed by atoms with E-state index in [0.29, 0.717) is 25.1 Å². The van der Waals surface area contributed by atoms with Gasteiger partial charge in [-0.3, -0.25) is 4.79 Å². The van der Waals surface area contributed by atoms with E-state index in [9.17, 15) is 13.2 Å². The Kier molecular flexibility index (Phi) is 7.01. The van der Waals surface area contributed by atoms with E-state index in [1.165, 1.54) is 4.31 Å². The fourth-order valence-corrected chi connectivity index (χ4v) is 5.58. The quantitative estimate of drug-likeness (QED) is 0.732. The van der Waals surface area contributed by atoms with Gasteiger partial charge in [-0.15, -0.1) is 0 Å². The van der Waals surface area contributed by atoms with Gasteiger partial charge in [-0.05, 0) is 64.7 Å². The third-order valence-corrected chi connectivity index (χ3v) is 7.49. The van der Waals surface area contributed by atoms with Crippen LogP contribution in [0.1, 0.15) is 54.8 Å². The number of aromatic nitrogens is 1. The highest BCUT2D eigenvalue weighted by Gasteiger charge is 2.37. The second-order valence-corrected chi connectivity index (χ2v) is 10.4. The first-order valence-corrected chi connectivity index (χ1v) is 12.1. The minimum Gasteiger partial charge on any atom is -0.355 e. The number of sulfonamides is 1. The number of benzene rings is 1. The van der Waals surface area contributed by atoms with E-state index in [0.717, 1.165) is 16.7 Å². The van der Waals surface area contributed by atoms with Crippen molar-refractivity contribution in [2.45, 2.75) is 58.4 Å². The van der Waals surface area contributed by atoms with Gasteiger partial charge in [0.2, 0.25) is 15.9 Å². The number of hydrogen-bond donors (Lipinski definition) is 1. The average molecular weight is 446 g/mol. The van der Waals surface area contributed by atoms with Crippen LogP contribution >= 0.6 is 0 Å². The highest BCUT2D eigenvalue weighted by atomic mass is 32.2. The van der Waals surface area contributed by atoms with Crippen LogP contribution in [0.3, 0.4) is 0 Å². The van der Waals surface area contributed by atoms with Crippen LogP contribution in [0.15, 0.2) is 27.6 Å². The lowest BCUT2D eigenvalue weighted by Crippen LogP contribution is -2.46. The predicted molar refractivity (Wildman–Crippen MR) is 121 cm³/mol. The van der Waals surface area contributed by atoms with Crippen molar-refractivity contribution in [3.63, 3.8) is 0 Å². The standard InChI is InChI=1S/C23H31N3O4S/c1-15(2)24-23(27)20-7-6-12-26(14-20)31(28,29)22-18(5)25-30-21(22)11-10-19-13-16(3)8-9-17(19)4/h8-11,13,15,20H,6-7,12,14H2,1-5H3,(H,24,27). The molecule has 31 heavy (non-hydrogen) atoms. The number of piperidine rings is 1. The molecule has 1 saturated heterocycles. The summed E-state index contributed by atoms with van der Waals surface area (Å²) in [6.07, 6.45) is 4.80. The average Bonchev–Trinajstić information content (AvgIpc) is 3.09. The zero-order valence-corrected chi connectivity index (χ0v) is 19.6. The number of aryl methyl sites for hydroxylation is 3. The number of nitrogens with zero attached hydrogens (tertiary/aromatic N) is 2. The zero-order valence-electron chi connectivity index (χ0n) is 18.8. The Morgan fingerprint density at radius 3 is 2.71 bits per heavy atom. The fraction of sp³-hybridized carbons (Fsp3) is 0.478. The van der Waals surface area contributed by atoms with Gasteiger partial charge in [-0.2, -0.15) is 4.31 Å². The van der Waals surface area contributed by atoms with Crippen molar-refractivity contribution in [3.8, 4) is 0 Å². The molecule has 1 unspecified atom stereocenters. The first kappa shape index (κ1) is 23.2. The first-order valence-electron chi connectivity index (χ1n) is 10.6. The summed E-state index contributed by atoms with van der Waals surface area (Å²) in [5, 5.41) is 6.80. The third kappa shape index (κ3) is 5.25. The minimum atomic E-state index is -3.85. The summed E-state index contributed by atoms with van der Waals surface area (Å²) in [5.41, 5.74) is 3.50. The Morgan fingerprint density at radius 2 is 2.00 bits per heavy atom. The number of hydrogen-bond acceptors (Lipinski definition) is 5. The van der Waals surface area contributed by atoms with Crippen molar-refractivity contribution in [1.29, 1.82) is 0 Å². The summed E-state index contributed by atoms with van der Waals surface area (Å²) in [6, 6.07) is 6.10. The Hall–Kier alpha value is -2.45. The lowest BCUT2D eigenvalue weighted by atomic mass is 9.98. The summed E-state index contributed by atoms with van der Waals surface area (Å²) in [4.78, 5) is 12.5. The molecule has 7 nitrogen and oxygen atoms in total. The molecule has 1 aliphatic heterocycles. The fourth-order valence-electron chi connectivity index (χ4n) is 3.81. The molecule has 1 aliphatic rings. The van der Waals surface area contributed by atoms with E-state index < -0.39 is 10.0 Å². The highest BCUT2D eigenvalue weighted by molar-refractivity contribution is 7.89. The topological polar surface area (TPSA) is 92.5 Å². The Bertz CT molecular complexity index is 1090. The highest BCUT2D eigenvalue weighted by Crippen LogP contribution is 2.29. The smallest absolute Gasteiger partial charge is 0.248 e. The van der Waals surface area contributed by atoms with E-state index in [-0.39, 0.29) is 35.1 Å². The predicted octanol–water partition coefficient (Wildman–Crippen LogP) is 3.70. The van der Waals surface area contributed by atoms with Crippen molar-refractivity contribution in [3.05, 3.63) is 46.3 Å². The van der Waals surface area contributed by atoms with Crippen molar-refractivity contribution in [2.24, 2.45) is 5.92 Å². The molecule has 1 amide bonds. The lowest BCUT2D eigenvalue weighted by Gasteiger charge is -2.31. The normalized spacial score (nSPS) is 18.1. The van der Waals surface area contributed by atoms with Crippen molar-refractivity contribution < 1.29 is 17.7 Å². The number of rotatable bonds is 6. The number of amides is 1. The largest absolute Gasteiger partial charge is 0.355 e. The Balaban J connectivity index is 1.88. The van der Waals surface area contributed by atoms with Gasteiger partial charge < -0.3 is 9.84 Å². The van der Waals surface area contributed by atoms with E-state index in [2.05, 4.69) is 10.5 Å². The van der Waals surface area contributed by atoms with Gasteiger partial charge in [0.1, 0.15) is 5.69 Å². The van der Waals surface area contributed by atoms with Crippen LogP contribution in [-0.4, -0.2) is 42.9 Å². The van der Waals surface area contributed by atoms with Crippen LogP contribution in [0, 0.1) is 26.7 Å². The second kappa shape index (κ2) is 9.36. The van der Waals surface area contributed by atoms with Gasteiger partial charge in [-0.1, -0.05) is 35.0 Å². The number of carbonyl (C=O) groups excluding carboxylic acids is 1. The summed E-state index contributed by atoms with van der Waals surface area (Å²) in [6.45, 7) is 9.95. The molecule has 0 saturated carbocycles. The van der Waals surface area contributed by atoms with Gasteiger partial charge in [0.05, 0.1) is 5.92 Å². The molecule has 1 N–H and O–H groups in total. The molecule has 8 heteroatoms. The van der Waals surface area contributed by atoms with Crippen LogP contribution in [-0.2, 0) is 14.8 Å². The van der Waals surface area contributed by atoms with Gasteiger partial charge in [0.25, 0.3) is 0 Å². The Labute approximate surface area is 184 Å². The van der Waals surface area contributed by atoms with Gasteiger partial charge in [0, 0.05) is 19.1 Å². The SMILES string of the molecule is Cc1ccc(C)c(C=Cc2onc(C)c2S(=O)(=O)N2CCCC(C(=O)NC(C)C)C2)c1. The van der Waals surface area contributed by atoms with E-state index in [1.54, 1.807) is 13.0 Å². The molecule has 1 atom stereocenters. The van der Waals surface area contributed by atoms with Crippen LogP contribution in [0.2, 0.25) is 0 Å². The molecule has 0 spiro atoms. The van der Waals surface area contributed by atoms with Crippen LogP contribution < -0.4 is 5.32 Å². The van der Waals surface area contributed by atoms with Crippen LogP contribution in [0.5, 0.6) is 0 Å². The maximum atomic E-state index is 13.5. The monoisotopic (exact) mass is 445 g/mol. The van der Waals surface area contributed by atoms with Crippen LogP contribution in [0.4, 0.5) is 0 Å². The Morgan fingerprint density at radius 1 is 1.26 bits per heavy atom. The van der Waals surface area contributed by atoms with Crippen molar-refractivity contribution in [2.75, 3.05) is 13.1 Å². The molecule has 168 valence electrons. The van der Waals surface area contributed by atoms with E-state index >= 15 is 0 Å². The molecule has 1 fully saturated rings. The van der Waals surface area contributed by atoms with Gasteiger partial charge >= 0.3 is 0 Å². The molecule has 2 aromatic rings. The maximum Gasteiger partial charge on any atom is 0.248 e. The van der Waals surface area contributed by atoms with Crippen molar-refractivity contribution in [1.82, 2.24) is 14.8 Å². The molecule has 0 bridgehead atoms.